The van der Waals surface area contributed by atoms with Gasteiger partial charge < -0.3 is 4.90 Å². The molecule has 0 unspecified atom stereocenters. The normalized spacial score (nSPS) is 10.4. The maximum absolute atomic E-state index is 13.0. The lowest BCUT2D eigenvalue weighted by atomic mass is 10.2. The second-order valence-electron chi connectivity index (χ2n) is 3.51. The Labute approximate surface area is 102 Å². The lowest BCUT2D eigenvalue weighted by molar-refractivity contribution is 0.622. The highest BCUT2D eigenvalue weighted by atomic mass is 35.5. The molecule has 0 aliphatic carbocycles. The van der Waals surface area contributed by atoms with Crippen LogP contribution in [-0.2, 0) is 0 Å². The summed E-state index contributed by atoms with van der Waals surface area (Å²) in [5.74, 6) is 0.246. The molecule has 0 bridgehead atoms. The predicted molar refractivity (Wildman–Crippen MR) is 62.4 cm³/mol. The molecule has 0 atom stereocenters. The van der Waals surface area contributed by atoms with E-state index in [1.807, 2.05) is 0 Å². The number of hydrogen-bond donors (Lipinski definition) is 0. The second kappa shape index (κ2) is 4.58. The fraction of sp³-hybridized carbons (Fsp3) is 0.200. The zero-order chi connectivity index (χ0) is 12.4. The second-order valence-corrected chi connectivity index (χ2v) is 3.85. The van der Waals surface area contributed by atoms with Gasteiger partial charge in [0.15, 0.2) is 5.82 Å². The number of aromatic nitrogens is 4. The van der Waals surface area contributed by atoms with Gasteiger partial charge in [0, 0.05) is 25.9 Å². The van der Waals surface area contributed by atoms with Gasteiger partial charge in [-0.25, -0.2) is 4.39 Å². The average Bonchev–Trinajstić information content (AvgIpc) is 2.28. The van der Waals surface area contributed by atoms with E-state index in [2.05, 4.69) is 19.9 Å². The molecule has 7 heteroatoms. The van der Waals surface area contributed by atoms with Gasteiger partial charge in [0.25, 0.3) is 0 Å². The van der Waals surface area contributed by atoms with Crippen LogP contribution in [0.3, 0.4) is 0 Å². The minimum atomic E-state index is -0.453. The molecule has 0 spiro atoms. The maximum Gasteiger partial charge on any atom is 0.229 e. The zero-order valence-electron chi connectivity index (χ0n) is 9.22. The van der Waals surface area contributed by atoms with E-state index in [4.69, 9.17) is 11.6 Å². The SMILES string of the molecule is CN(C)c1nc(Cl)nc(-c2cncc(F)c2)n1. The summed E-state index contributed by atoms with van der Waals surface area (Å²) in [7, 11) is 3.55. The third-order valence-corrected chi connectivity index (χ3v) is 2.13. The van der Waals surface area contributed by atoms with E-state index in [0.717, 1.165) is 6.20 Å². The van der Waals surface area contributed by atoms with Gasteiger partial charge in [-0.05, 0) is 17.7 Å². The van der Waals surface area contributed by atoms with Crippen molar-refractivity contribution in [2.75, 3.05) is 19.0 Å². The van der Waals surface area contributed by atoms with Crippen molar-refractivity contribution in [3.63, 3.8) is 0 Å². The van der Waals surface area contributed by atoms with Crippen molar-refractivity contribution in [2.45, 2.75) is 0 Å². The summed E-state index contributed by atoms with van der Waals surface area (Å²) in [4.78, 5) is 17.4. The van der Waals surface area contributed by atoms with Gasteiger partial charge in [-0.15, -0.1) is 0 Å². The van der Waals surface area contributed by atoms with Gasteiger partial charge in [0.05, 0.1) is 6.20 Å². The van der Waals surface area contributed by atoms with Crippen LogP contribution in [0.1, 0.15) is 0 Å². The summed E-state index contributed by atoms with van der Waals surface area (Å²) >= 11 is 5.78. The highest BCUT2D eigenvalue weighted by Crippen LogP contribution is 2.18. The van der Waals surface area contributed by atoms with Crippen LogP contribution in [0.5, 0.6) is 0 Å². The van der Waals surface area contributed by atoms with Crippen LogP contribution in [0.2, 0.25) is 5.28 Å². The first-order valence-corrected chi connectivity index (χ1v) is 5.14. The van der Waals surface area contributed by atoms with Crippen LogP contribution in [0.25, 0.3) is 11.4 Å². The lowest BCUT2D eigenvalue weighted by Crippen LogP contribution is -2.14. The first-order chi connectivity index (χ1) is 8.06. The van der Waals surface area contributed by atoms with E-state index in [1.54, 1.807) is 19.0 Å². The first kappa shape index (κ1) is 11.7. The van der Waals surface area contributed by atoms with Gasteiger partial charge in [0.1, 0.15) is 5.82 Å². The van der Waals surface area contributed by atoms with Crippen LogP contribution in [0, 0.1) is 5.82 Å². The van der Waals surface area contributed by atoms with E-state index in [1.165, 1.54) is 12.3 Å². The minimum Gasteiger partial charge on any atom is -0.347 e. The summed E-state index contributed by atoms with van der Waals surface area (Å²) in [5.41, 5.74) is 0.456. The standard InChI is InChI=1S/C10H9ClFN5/c1-17(2)10-15-8(14-9(11)16-10)6-3-7(12)5-13-4-6/h3-5H,1-2H3. The monoisotopic (exact) mass is 253 g/mol. The Hall–Kier alpha value is -1.82. The molecule has 0 saturated heterocycles. The molecular weight excluding hydrogens is 245 g/mol. The van der Waals surface area contributed by atoms with E-state index >= 15 is 0 Å². The van der Waals surface area contributed by atoms with E-state index in [9.17, 15) is 4.39 Å². The lowest BCUT2D eigenvalue weighted by Gasteiger charge is -2.10. The van der Waals surface area contributed by atoms with E-state index in [0.29, 0.717) is 17.3 Å². The van der Waals surface area contributed by atoms with Crippen LogP contribution >= 0.6 is 11.6 Å². The quantitative estimate of drug-likeness (QED) is 0.817. The minimum absolute atomic E-state index is 0.0583. The number of anilines is 1. The number of pyridine rings is 1. The van der Waals surface area contributed by atoms with Crippen molar-refractivity contribution in [1.82, 2.24) is 19.9 Å². The Bertz CT molecular complexity index is 546. The highest BCUT2D eigenvalue weighted by molar-refractivity contribution is 6.28. The van der Waals surface area contributed by atoms with E-state index < -0.39 is 5.82 Å². The smallest absolute Gasteiger partial charge is 0.229 e. The molecule has 0 N–H and O–H groups in total. The van der Waals surface area contributed by atoms with Crippen molar-refractivity contribution in [3.05, 3.63) is 29.6 Å². The Morgan fingerprint density at radius 3 is 2.59 bits per heavy atom. The van der Waals surface area contributed by atoms with Crippen LogP contribution < -0.4 is 4.90 Å². The predicted octanol–water partition coefficient (Wildman–Crippen LogP) is 1.79. The molecular formula is C10H9ClFN5. The summed E-state index contributed by atoms with van der Waals surface area (Å²) < 4.78 is 13.0. The Morgan fingerprint density at radius 1 is 1.18 bits per heavy atom. The third kappa shape index (κ3) is 2.65. The highest BCUT2D eigenvalue weighted by Gasteiger charge is 2.09. The largest absolute Gasteiger partial charge is 0.347 e. The van der Waals surface area contributed by atoms with Crippen molar-refractivity contribution in [3.8, 4) is 11.4 Å². The molecule has 0 aromatic carbocycles. The summed E-state index contributed by atoms with van der Waals surface area (Å²) in [6.45, 7) is 0. The molecule has 17 heavy (non-hydrogen) atoms. The van der Waals surface area contributed by atoms with Gasteiger partial charge in [-0.2, -0.15) is 15.0 Å². The van der Waals surface area contributed by atoms with Gasteiger partial charge in [-0.1, -0.05) is 0 Å². The van der Waals surface area contributed by atoms with Crippen molar-refractivity contribution >= 4 is 17.5 Å². The zero-order valence-corrected chi connectivity index (χ0v) is 9.98. The van der Waals surface area contributed by atoms with Crippen LogP contribution in [-0.4, -0.2) is 34.0 Å². The molecule has 2 heterocycles. The molecule has 0 saturated carbocycles. The van der Waals surface area contributed by atoms with Gasteiger partial charge in [0.2, 0.25) is 11.2 Å². The third-order valence-electron chi connectivity index (χ3n) is 1.96. The number of nitrogens with zero attached hydrogens (tertiary/aromatic N) is 5. The Balaban J connectivity index is 2.52. The molecule has 5 nitrogen and oxygen atoms in total. The topological polar surface area (TPSA) is 54.8 Å². The molecule has 2 aromatic rings. The molecule has 0 radical (unpaired) electrons. The molecule has 0 fully saturated rings. The molecule has 2 rings (SSSR count). The number of halogens is 2. The van der Waals surface area contributed by atoms with E-state index in [-0.39, 0.29) is 5.28 Å². The van der Waals surface area contributed by atoms with Gasteiger partial charge >= 0.3 is 0 Å². The Morgan fingerprint density at radius 2 is 1.94 bits per heavy atom. The van der Waals surface area contributed by atoms with Crippen LogP contribution in [0.15, 0.2) is 18.5 Å². The molecule has 0 aliphatic rings. The first-order valence-electron chi connectivity index (χ1n) is 4.76. The molecule has 88 valence electrons. The molecule has 2 aromatic heterocycles. The average molecular weight is 254 g/mol. The summed E-state index contributed by atoms with van der Waals surface area (Å²) in [6.07, 6.45) is 2.58. The Kier molecular flexibility index (Phi) is 3.14. The maximum atomic E-state index is 13.0. The summed E-state index contributed by atoms with van der Waals surface area (Å²) in [5, 5.41) is 0.0583. The summed E-state index contributed by atoms with van der Waals surface area (Å²) in [6, 6.07) is 1.29. The van der Waals surface area contributed by atoms with Crippen molar-refractivity contribution < 1.29 is 4.39 Å². The van der Waals surface area contributed by atoms with Crippen molar-refractivity contribution in [2.24, 2.45) is 0 Å². The fourth-order valence-corrected chi connectivity index (χ4v) is 1.36. The number of hydrogen-bond acceptors (Lipinski definition) is 5. The van der Waals surface area contributed by atoms with Crippen LogP contribution in [0.4, 0.5) is 10.3 Å². The fourth-order valence-electron chi connectivity index (χ4n) is 1.20. The van der Waals surface area contributed by atoms with Crippen molar-refractivity contribution in [1.29, 1.82) is 0 Å². The molecule has 0 amide bonds. The number of rotatable bonds is 2. The van der Waals surface area contributed by atoms with Gasteiger partial charge in [-0.3, -0.25) is 4.98 Å². The molecule has 0 aliphatic heterocycles.